The first-order chi connectivity index (χ1) is 10.8. The molecule has 1 aromatic heterocycles. The Balaban J connectivity index is 1.95. The van der Waals surface area contributed by atoms with Gasteiger partial charge in [-0.05, 0) is 25.5 Å². The lowest BCUT2D eigenvalue weighted by molar-refractivity contribution is -0.116. The van der Waals surface area contributed by atoms with Gasteiger partial charge in [-0.2, -0.15) is 0 Å². The van der Waals surface area contributed by atoms with Crippen LogP contribution in [0, 0.1) is 13.8 Å². The van der Waals surface area contributed by atoms with Crippen molar-refractivity contribution in [3.8, 4) is 0 Å². The van der Waals surface area contributed by atoms with Crippen LogP contribution < -0.4 is 10.6 Å². The smallest absolute Gasteiger partial charge is 0.322 e. The number of hydrogen-bond acceptors (Lipinski definition) is 4. The van der Waals surface area contributed by atoms with Gasteiger partial charge in [-0.1, -0.05) is 22.9 Å². The van der Waals surface area contributed by atoms with Gasteiger partial charge >= 0.3 is 6.03 Å². The third-order valence-corrected chi connectivity index (χ3v) is 3.14. The van der Waals surface area contributed by atoms with Gasteiger partial charge in [0.25, 0.3) is 0 Å². The largest absolute Gasteiger partial charge is 0.331 e. The van der Waals surface area contributed by atoms with E-state index in [-0.39, 0.29) is 18.5 Å². The minimum Gasteiger partial charge on any atom is -0.331 e. The number of aromatic nitrogens is 3. The number of rotatable bonds is 4. The van der Waals surface area contributed by atoms with E-state index in [0.717, 1.165) is 16.8 Å². The number of aryl methyl sites for hydroxylation is 2. The fraction of sp³-hybridized carbons (Fsp3) is 0.333. The van der Waals surface area contributed by atoms with E-state index in [1.54, 1.807) is 14.1 Å². The lowest BCUT2D eigenvalue weighted by Crippen LogP contribution is -2.27. The van der Waals surface area contributed by atoms with Crippen LogP contribution in [-0.4, -0.2) is 45.9 Å². The molecule has 0 radical (unpaired) electrons. The van der Waals surface area contributed by atoms with Crippen LogP contribution in [-0.2, 0) is 11.3 Å². The Morgan fingerprint density at radius 2 is 1.96 bits per heavy atom. The quantitative estimate of drug-likeness (QED) is 0.896. The van der Waals surface area contributed by atoms with Crippen molar-refractivity contribution in [2.45, 2.75) is 20.4 Å². The van der Waals surface area contributed by atoms with E-state index in [1.165, 1.54) is 15.8 Å². The van der Waals surface area contributed by atoms with Crippen LogP contribution in [0.15, 0.2) is 24.4 Å². The lowest BCUT2D eigenvalue weighted by atomic mass is 10.1. The summed E-state index contributed by atoms with van der Waals surface area (Å²) in [7, 11) is 3.24. The molecule has 0 fully saturated rings. The summed E-state index contributed by atoms with van der Waals surface area (Å²) in [6.45, 7) is 3.95. The van der Waals surface area contributed by atoms with E-state index in [0.29, 0.717) is 5.82 Å². The maximum Gasteiger partial charge on any atom is 0.322 e. The molecule has 1 heterocycles. The van der Waals surface area contributed by atoms with Crippen molar-refractivity contribution in [2.24, 2.45) is 0 Å². The van der Waals surface area contributed by atoms with Gasteiger partial charge in [0.2, 0.25) is 5.91 Å². The van der Waals surface area contributed by atoms with Crippen molar-refractivity contribution in [1.82, 2.24) is 19.9 Å². The average Bonchev–Trinajstić information content (AvgIpc) is 2.89. The molecule has 2 aromatic rings. The summed E-state index contributed by atoms with van der Waals surface area (Å²) < 4.78 is 1.37. The number of nitrogens with one attached hydrogen (secondary N) is 2. The van der Waals surface area contributed by atoms with E-state index in [9.17, 15) is 9.59 Å². The second-order valence-corrected chi connectivity index (χ2v) is 5.49. The minimum atomic E-state index is -0.309. The highest BCUT2D eigenvalue weighted by Crippen LogP contribution is 2.16. The first-order valence-corrected chi connectivity index (χ1v) is 7.10. The molecule has 0 saturated heterocycles. The number of urea groups is 1. The number of hydrogen-bond donors (Lipinski definition) is 2. The van der Waals surface area contributed by atoms with Gasteiger partial charge in [-0.15, -0.1) is 5.10 Å². The Labute approximate surface area is 134 Å². The first-order valence-electron chi connectivity index (χ1n) is 7.10. The molecule has 0 unspecified atom stereocenters. The molecule has 0 aliphatic carbocycles. The van der Waals surface area contributed by atoms with E-state index in [2.05, 4.69) is 20.9 Å². The standard InChI is InChI=1S/C15H20N6O2/c1-10-5-6-12(11(2)7-10)16-14(22)9-21-8-13(18-19-21)17-15(23)20(3)4/h5-8H,9H2,1-4H3,(H,16,22)(H,17,23). The summed E-state index contributed by atoms with van der Waals surface area (Å²) in [5, 5.41) is 13.0. The van der Waals surface area contributed by atoms with Gasteiger partial charge in [0, 0.05) is 19.8 Å². The van der Waals surface area contributed by atoms with Crippen LogP contribution >= 0.6 is 0 Å². The van der Waals surface area contributed by atoms with Gasteiger partial charge in [-0.3, -0.25) is 10.1 Å². The Morgan fingerprint density at radius 3 is 2.61 bits per heavy atom. The first kappa shape index (κ1) is 16.5. The van der Waals surface area contributed by atoms with Crippen LogP contribution in [0.4, 0.5) is 16.3 Å². The maximum atomic E-state index is 12.1. The molecular formula is C15H20N6O2. The topological polar surface area (TPSA) is 92.2 Å². The third kappa shape index (κ3) is 4.53. The van der Waals surface area contributed by atoms with Crippen molar-refractivity contribution in [2.75, 3.05) is 24.7 Å². The molecule has 0 atom stereocenters. The normalized spacial score (nSPS) is 10.3. The monoisotopic (exact) mass is 316 g/mol. The number of benzene rings is 1. The highest BCUT2D eigenvalue weighted by atomic mass is 16.2. The van der Waals surface area contributed by atoms with Crippen molar-refractivity contribution in [3.05, 3.63) is 35.5 Å². The molecule has 8 nitrogen and oxygen atoms in total. The summed E-state index contributed by atoms with van der Waals surface area (Å²) in [6.07, 6.45) is 1.50. The van der Waals surface area contributed by atoms with Gasteiger partial charge in [-0.25, -0.2) is 9.48 Å². The zero-order chi connectivity index (χ0) is 17.0. The molecule has 2 rings (SSSR count). The molecule has 0 aliphatic heterocycles. The summed E-state index contributed by atoms with van der Waals surface area (Å²) in [6, 6.07) is 5.50. The average molecular weight is 316 g/mol. The number of amides is 3. The zero-order valence-corrected chi connectivity index (χ0v) is 13.6. The Morgan fingerprint density at radius 1 is 1.22 bits per heavy atom. The van der Waals surface area contributed by atoms with Crippen LogP contribution in [0.2, 0.25) is 0 Å². The second kappa shape index (κ2) is 6.91. The molecule has 0 aliphatic rings. The fourth-order valence-electron chi connectivity index (χ4n) is 1.95. The summed E-state index contributed by atoms with van der Waals surface area (Å²) in [5.41, 5.74) is 2.90. The van der Waals surface area contributed by atoms with Gasteiger partial charge in [0.15, 0.2) is 5.82 Å². The fourth-order valence-corrected chi connectivity index (χ4v) is 1.95. The molecule has 2 N–H and O–H groups in total. The van der Waals surface area contributed by atoms with Crippen LogP contribution in [0.5, 0.6) is 0 Å². The van der Waals surface area contributed by atoms with Crippen molar-refractivity contribution in [3.63, 3.8) is 0 Å². The van der Waals surface area contributed by atoms with E-state index in [4.69, 9.17) is 0 Å². The Hall–Kier alpha value is -2.90. The minimum absolute atomic E-state index is 0.0121. The predicted molar refractivity (Wildman–Crippen MR) is 87.3 cm³/mol. The molecule has 0 bridgehead atoms. The third-order valence-electron chi connectivity index (χ3n) is 3.14. The summed E-state index contributed by atoms with van der Waals surface area (Å²) >= 11 is 0. The summed E-state index contributed by atoms with van der Waals surface area (Å²) in [4.78, 5) is 25.0. The predicted octanol–water partition coefficient (Wildman–Crippen LogP) is 1.63. The van der Waals surface area contributed by atoms with Crippen molar-refractivity contribution < 1.29 is 9.59 Å². The highest BCUT2D eigenvalue weighted by molar-refractivity contribution is 5.91. The van der Waals surface area contributed by atoms with E-state index < -0.39 is 0 Å². The number of anilines is 2. The maximum absolute atomic E-state index is 12.1. The molecule has 23 heavy (non-hydrogen) atoms. The highest BCUT2D eigenvalue weighted by Gasteiger charge is 2.10. The van der Waals surface area contributed by atoms with Gasteiger partial charge < -0.3 is 10.2 Å². The van der Waals surface area contributed by atoms with E-state index >= 15 is 0 Å². The molecule has 8 heteroatoms. The molecular weight excluding hydrogens is 296 g/mol. The SMILES string of the molecule is Cc1ccc(NC(=O)Cn2cc(NC(=O)N(C)C)nn2)c(C)c1. The zero-order valence-electron chi connectivity index (χ0n) is 13.6. The van der Waals surface area contributed by atoms with Gasteiger partial charge in [0.05, 0.1) is 6.20 Å². The molecule has 0 saturated carbocycles. The van der Waals surface area contributed by atoms with Gasteiger partial charge in [0.1, 0.15) is 6.54 Å². The number of nitrogens with zero attached hydrogens (tertiary/aromatic N) is 4. The number of carbonyl (C=O) groups excluding carboxylic acids is 2. The molecule has 122 valence electrons. The lowest BCUT2D eigenvalue weighted by Gasteiger charge is -2.09. The summed E-state index contributed by atoms with van der Waals surface area (Å²) in [5.74, 6) is 0.0790. The molecule has 3 amide bonds. The Kier molecular flexibility index (Phi) is 4.95. The van der Waals surface area contributed by atoms with Crippen LogP contribution in [0.1, 0.15) is 11.1 Å². The van der Waals surface area contributed by atoms with E-state index in [1.807, 2.05) is 32.0 Å². The van der Waals surface area contributed by atoms with Crippen LogP contribution in [0.3, 0.4) is 0 Å². The Bertz CT molecular complexity index is 723. The molecule has 0 spiro atoms. The molecule has 1 aromatic carbocycles. The van der Waals surface area contributed by atoms with Crippen molar-refractivity contribution >= 4 is 23.4 Å². The van der Waals surface area contributed by atoms with Crippen molar-refractivity contribution in [1.29, 1.82) is 0 Å². The van der Waals surface area contributed by atoms with Crippen LogP contribution in [0.25, 0.3) is 0 Å². The number of carbonyl (C=O) groups is 2. The second-order valence-electron chi connectivity index (χ2n) is 5.49.